The number of carboxylic acids is 1. The predicted octanol–water partition coefficient (Wildman–Crippen LogP) is 8.03. The topological polar surface area (TPSA) is 55.8 Å². The van der Waals surface area contributed by atoms with Gasteiger partial charge in [0.05, 0.1) is 13.5 Å². The molecule has 1 unspecified atom stereocenters. The first-order valence-corrected chi connectivity index (χ1v) is 13.1. The van der Waals surface area contributed by atoms with E-state index in [1.807, 2.05) is 36.4 Å². The van der Waals surface area contributed by atoms with E-state index in [0.717, 1.165) is 53.7 Å². The Morgan fingerprint density at radius 3 is 2.51 bits per heavy atom. The lowest BCUT2D eigenvalue weighted by atomic mass is 9.80. The van der Waals surface area contributed by atoms with E-state index >= 15 is 0 Å². The van der Waals surface area contributed by atoms with Crippen molar-refractivity contribution in [1.29, 1.82) is 0 Å². The van der Waals surface area contributed by atoms with Crippen molar-refractivity contribution >= 4 is 5.97 Å². The fourth-order valence-corrected chi connectivity index (χ4v) is 4.87. The van der Waals surface area contributed by atoms with Crippen LogP contribution in [0.2, 0.25) is 0 Å². The lowest BCUT2D eigenvalue weighted by Crippen LogP contribution is -2.14. The van der Waals surface area contributed by atoms with Crippen molar-refractivity contribution in [3.8, 4) is 22.6 Å². The second kappa shape index (κ2) is 11.4. The van der Waals surface area contributed by atoms with Crippen LogP contribution in [0.3, 0.4) is 0 Å². The molecule has 1 aliphatic rings. The molecule has 1 atom stereocenters. The molecule has 0 saturated heterocycles. The molecule has 4 rings (SSSR count). The second-order valence-corrected chi connectivity index (χ2v) is 10.9. The molecule has 0 amide bonds. The maximum absolute atomic E-state index is 14.9. The number of carbonyl (C=O) groups is 1. The first kappa shape index (κ1) is 26.7. The fraction of sp³-hybridized carbons (Fsp3) is 0.406. The van der Waals surface area contributed by atoms with Crippen LogP contribution in [0.25, 0.3) is 11.1 Å². The number of hydrogen-bond donors (Lipinski definition) is 1. The molecule has 5 heteroatoms. The monoisotopic (exact) mass is 504 g/mol. The summed E-state index contributed by atoms with van der Waals surface area (Å²) in [6, 6.07) is 18.7. The summed E-state index contributed by atoms with van der Waals surface area (Å²) in [5.74, 6) is 0.784. The summed E-state index contributed by atoms with van der Waals surface area (Å²) in [6.07, 6.45) is 4.11. The Balaban J connectivity index is 1.59. The number of halogens is 1. The maximum Gasteiger partial charge on any atom is 0.303 e. The van der Waals surface area contributed by atoms with Gasteiger partial charge in [0.25, 0.3) is 0 Å². The van der Waals surface area contributed by atoms with Crippen molar-refractivity contribution in [2.75, 3.05) is 7.11 Å². The normalized spacial score (nSPS) is 14.3. The molecule has 0 radical (unpaired) electrons. The Hall–Kier alpha value is -3.34. The SMILES string of the molecule is CCC(C)(C)Cc1cc(COc2cccc(C(CC(=O)O)C3CC3)c2)ccc1-c1cc(OC)ccc1F. The Morgan fingerprint density at radius 1 is 1.05 bits per heavy atom. The molecular weight excluding hydrogens is 467 g/mol. The van der Waals surface area contributed by atoms with E-state index in [9.17, 15) is 14.3 Å². The van der Waals surface area contributed by atoms with Crippen molar-refractivity contribution in [3.63, 3.8) is 0 Å². The van der Waals surface area contributed by atoms with Gasteiger partial charge < -0.3 is 14.6 Å². The summed E-state index contributed by atoms with van der Waals surface area (Å²) in [7, 11) is 1.59. The molecule has 1 N–H and O–H groups in total. The molecule has 1 saturated carbocycles. The first-order valence-electron chi connectivity index (χ1n) is 13.1. The summed E-state index contributed by atoms with van der Waals surface area (Å²) >= 11 is 0. The van der Waals surface area contributed by atoms with Crippen LogP contribution < -0.4 is 9.47 Å². The van der Waals surface area contributed by atoms with E-state index in [1.165, 1.54) is 6.07 Å². The van der Waals surface area contributed by atoms with Crippen molar-refractivity contribution in [1.82, 2.24) is 0 Å². The number of aliphatic carboxylic acids is 1. The van der Waals surface area contributed by atoms with Gasteiger partial charge >= 0.3 is 5.97 Å². The minimum atomic E-state index is -0.765. The highest BCUT2D eigenvalue weighted by molar-refractivity contribution is 5.70. The third kappa shape index (κ3) is 6.91. The summed E-state index contributed by atoms with van der Waals surface area (Å²) < 4.78 is 26.4. The molecule has 3 aromatic carbocycles. The molecule has 1 fully saturated rings. The molecule has 0 aromatic heterocycles. The zero-order chi connectivity index (χ0) is 26.6. The van der Waals surface area contributed by atoms with Crippen molar-refractivity contribution < 1.29 is 23.8 Å². The molecule has 1 aliphatic carbocycles. The second-order valence-electron chi connectivity index (χ2n) is 10.9. The highest BCUT2D eigenvalue weighted by atomic mass is 19.1. The smallest absolute Gasteiger partial charge is 0.303 e. The minimum Gasteiger partial charge on any atom is -0.497 e. The molecule has 37 heavy (non-hydrogen) atoms. The Kier molecular flexibility index (Phi) is 8.21. The van der Waals surface area contributed by atoms with Crippen molar-refractivity contribution in [3.05, 3.63) is 83.2 Å². The number of methoxy groups -OCH3 is 1. The number of benzene rings is 3. The van der Waals surface area contributed by atoms with E-state index in [2.05, 4.69) is 26.8 Å². The van der Waals surface area contributed by atoms with Crippen LogP contribution in [0.15, 0.2) is 60.7 Å². The molecule has 196 valence electrons. The molecule has 0 bridgehead atoms. The Bertz CT molecular complexity index is 1250. The average Bonchev–Trinajstić information content (AvgIpc) is 3.72. The highest BCUT2D eigenvalue weighted by Crippen LogP contribution is 2.45. The number of ether oxygens (including phenoxy) is 2. The number of carboxylic acid groups (broad SMARTS) is 1. The van der Waals surface area contributed by atoms with Crippen LogP contribution in [0.4, 0.5) is 4.39 Å². The standard InChI is InChI=1S/C32H37FO4/c1-5-32(2,3)19-24-15-21(9-13-27(24)29-17-25(36-4)12-14-30(29)33)20-37-26-8-6-7-23(16-26)28(18-31(34)35)22-10-11-22/h6-9,12-17,22,28H,5,10-11,18-20H2,1-4H3,(H,34,35). The molecule has 0 spiro atoms. The van der Waals surface area contributed by atoms with Crippen LogP contribution in [-0.2, 0) is 17.8 Å². The third-order valence-corrected chi connectivity index (χ3v) is 7.54. The quantitative estimate of drug-likeness (QED) is 0.271. The van der Waals surface area contributed by atoms with Crippen molar-refractivity contribution in [2.45, 2.75) is 65.4 Å². The van der Waals surface area contributed by atoms with Crippen LogP contribution in [0.1, 0.15) is 69.1 Å². The van der Waals surface area contributed by atoms with Gasteiger partial charge in [0.2, 0.25) is 0 Å². The molecular formula is C32H37FO4. The molecule has 0 aliphatic heterocycles. The van der Waals surface area contributed by atoms with E-state index in [1.54, 1.807) is 19.2 Å². The zero-order valence-electron chi connectivity index (χ0n) is 22.2. The summed E-state index contributed by atoms with van der Waals surface area (Å²) in [6.45, 7) is 6.99. The minimum absolute atomic E-state index is 0.0287. The van der Waals surface area contributed by atoms with Crippen molar-refractivity contribution in [2.24, 2.45) is 11.3 Å². The zero-order valence-corrected chi connectivity index (χ0v) is 22.2. The lowest BCUT2D eigenvalue weighted by molar-refractivity contribution is -0.137. The van der Waals surface area contributed by atoms with Gasteiger partial charge in [-0.25, -0.2) is 4.39 Å². The average molecular weight is 505 g/mol. The summed E-state index contributed by atoms with van der Waals surface area (Å²) in [4.78, 5) is 11.4. The number of rotatable bonds is 12. The van der Waals surface area contributed by atoms with Gasteiger partial charge in [0.15, 0.2) is 0 Å². The van der Waals surface area contributed by atoms with Crippen LogP contribution in [0.5, 0.6) is 11.5 Å². The van der Waals surface area contributed by atoms with E-state index in [4.69, 9.17) is 9.47 Å². The number of hydrogen-bond acceptors (Lipinski definition) is 3. The maximum atomic E-state index is 14.9. The summed E-state index contributed by atoms with van der Waals surface area (Å²) in [5.41, 5.74) is 4.56. The van der Waals surface area contributed by atoms with E-state index in [0.29, 0.717) is 23.8 Å². The lowest BCUT2D eigenvalue weighted by Gasteiger charge is -2.25. The first-order chi connectivity index (χ1) is 17.7. The van der Waals surface area contributed by atoms with Gasteiger partial charge in [-0.2, -0.15) is 0 Å². The largest absolute Gasteiger partial charge is 0.497 e. The van der Waals surface area contributed by atoms with Crippen LogP contribution in [0, 0.1) is 17.2 Å². The Labute approximate surface area is 219 Å². The summed E-state index contributed by atoms with van der Waals surface area (Å²) in [5, 5.41) is 9.36. The van der Waals surface area contributed by atoms with Gasteiger partial charge in [0, 0.05) is 5.56 Å². The van der Waals surface area contributed by atoms with Gasteiger partial charge in [-0.05, 0) is 89.1 Å². The van der Waals surface area contributed by atoms with Gasteiger partial charge in [-0.15, -0.1) is 0 Å². The highest BCUT2D eigenvalue weighted by Gasteiger charge is 2.33. The van der Waals surface area contributed by atoms with Gasteiger partial charge in [-0.3, -0.25) is 4.79 Å². The fourth-order valence-electron chi connectivity index (χ4n) is 4.87. The Morgan fingerprint density at radius 2 is 1.84 bits per heavy atom. The van der Waals surface area contributed by atoms with Gasteiger partial charge in [0.1, 0.15) is 23.9 Å². The van der Waals surface area contributed by atoms with Gasteiger partial charge in [-0.1, -0.05) is 57.5 Å². The van der Waals surface area contributed by atoms with E-state index < -0.39 is 5.97 Å². The molecule has 4 nitrogen and oxygen atoms in total. The third-order valence-electron chi connectivity index (χ3n) is 7.54. The molecule has 3 aromatic rings. The van der Waals surface area contributed by atoms with Crippen LogP contribution >= 0.6 is 0 Å². The molecule has 0 heterocycles. The van der Waals surface area contributed by atoms with E-state index in [-0.39, 0.29) is 23.6 Å². The predicted molar refractivity (Wildman–Crippen MR) is 145 cm³/mol. The van der Waals surface area contributed by atoms with Crippen LogP contribution in [-0.4, -0.2) is 18.2 Å².